The smallest absolute Gasteiger partial charge is 0.206 e. The van der Waals surface area contributed by atoms with E-state index in [1.807, 2.05) is 0 Å². The molecule has 0 fully saturated rings. The molecule has 1 unspecified atom stereocenters. The highest BCUT2D eigenvalue weighted by Gasteiger charge is 2.12. The molecular formula is C15H27Cl2NO. The van der Waals surface area contributed by atoms with Crippen molar-refractivity contribution < 1.29 is 4.74 Å². The zero-order valence-electron chi connectivity index (χ0n) is 12.0. The highest BCUT2D eigenvalue weighted by molar-refractivity contribution is 6.43. The largest absolute Gasteiger partial charge is 0.346 e. The van der Waals surface area contributed by atoms with Gasteiger partial charge in [0.15, 0.2) is 0 Å². The van der Waals surface area contributed by atoms with Crippen LogP contribution < -0.4 is 0 Å². The number of hydrogen-bond acceptors (Lipinski definition) is 2. The predicted molar refractivity (Wildman–Crippen MR) is 82.4 cm³/mol. The van der Waals surface area contributed by atoms with Gasteiger partial charge in [0, 0.05) is 6.42 Å². The van der Waals surface area contributed by atoms with Crippen LogP contribution >= 0.6 is 23.2 Å². The summed E-state index contributed by atoms with van der Waals surface area (Å²) in [4.78, 5) is 0. The van der Waals surface area contributed by atoms with E-state index in [0.717, 1.165) is 25.7 Å². The zero-order chi connectivity index (χ0) is 14.3. The van der Waals surface area contributed by atoms with E-state index in [1.165, 1.54) is 38.5 Å². The third-order valence-corrected chi connectivity index (χ3v) is 3.45. The second-order valence-electron chi connectivity index (χ2n) is 4.98. The summed E-state index contributed by atoms with van der Waals surface area (Å²) in [5, 5.41) is 7.78. The second kappa shape index (κ2) is 14.4. The molecule has 0 N–H and O–H groups in total. The van der Waals surface area contributed by atoms with E-state index in [9.17, 15) is 0 Å². The molecule has 0 aliphatic carbocycles. The molecule has 0 amide bonds. The van der Waals surface area contributed by atoms with E-state index in [4.69, 9.17) is 33.2 Å². The second-order valence-corrected chi connectivity index (χ2v) is 6.00. The van der Waals surface area contributed by atoms with Gasteiger partial charge in [0.05, 0.1) is 12.2 Å². The fourth-order valence-corrected chi connectivity index (χ4v) is 2.45. The summed E-state index contributed by atoms with van der Waals surface area (Å²) >= 11 is 11.3. The fraction of sp³-hybridized carbons (Fsp3) is 0.933. The summed E-state index contributed by atoms with van der Waals surface area (Å²) in [7, 11) is 0. The minimum atomic E-state index is -0.753. The topological polar surface area (TPSA) is 33.0 Å². The van der Waals surface area contributed by atoms with E-state index < -0.39 is 5.02 Å². The number of nitrogens with zero attached hydrogens (tertiary/aromatic N) is 1. The summed E-state index contributed by atoms with van der Waals surface area (Å²) < 4.78 is 5.46. The highest BCUT2D eigenvalue weighted by Crippen LogP contribution is 2.19. The molecule has 0 saturated heterocycles. The van der Waals surface area contributed by atoms with Gasteiger partial charge in [-0.3, -0.25) is 0 Å². The number of halogens is 2. The van der Waals surface area contributed by atoms with Gasteiger partial charge in [-0.2, -0.15) is 5.26 Å². The van der Waals surface area contributed by atoms with Gasteiger partial charge in [-0.1, -0.05) is 75.1 Å². The summed E-state index contributed by atoms with van der Waals surface area (Å²) in [6, 6.07) is 2.15. The van der Waals surface area contributed by atoms with Crippen molar-refractivity contribution >= 4 is 23.2 Å². The van der Waals surface area contributed by atoms with Crippen molar-refractivity contribution in [3.8, 4) is 6.07 Å². The first-order valence-electron chi connectivity index (χ1n) is 7.51. The summed E-state index contributed by atoms with van der Waals surface area (Å²) in [5.74, 6) is 0. The fourth-order valence-electron chi connectivity index (χ4n) is 2.16. The van der Waals surface area contributed by atoms with Crippen LogP contribution in [-0.2, 0) is 4.74 Å². The van der Waals surface area contributed by atoms with Crippen molar-refractivity contribution in [2.45, 2.75) is 88.7 Å². The first kappa shape index (κ1) is 19.0. The van der Waals surface area contributed by atoms with Crippen molar-refractivity contribution in [3.63, 3.8) is 0 Å². The molecule has 0 aliphatic heterocycles. The Bertz CT molecular complexity index is 229. The quantitative estimate of drug-likeness (QED) is 0.310. The molecule has 0 rings (SSSR count). The van der Waals surface area contributed by atoms with Crippen LogP contribution in [-0.4, -0.2) is 11.1 Å². The Balaban J connectivity index is 3.59. The molecular weight excluding hydrogens is 281 g/mol. The number of ether oxygens (including phenoxy) is 1. The molecule has 0 aliphatic rings. The van der Waals surface area contributed by atoms with E-state index >= 15 is 0 Å². The molecule has 0 aromatic rings. The molecule has 19 heavy (non-hydrogen) atoms. The van der Waals surface area contributed by atoms with Crippen LogP contribution in [0.2, 0.25) is 0 Å². The van der Waals surface area contributed by atoms with Crippen LogP contribution in [0.4, 0.5) is 0 Å². The number of unbranched alkanes of at least 4 members (excludes halogenated alkanes) is 7. The van der Waals surface area contributed by atoms with Gasteiger partial charge < -0.3 is 4.74 Å². The van der Waals surface area contributed by atoms with Crippen LogP contribution in [0.3, 0.4) is 0 Å². The molecule has 0 radical (unpaired) electrons. The minimum Gasteiger partial charge on any atom is -0.346 e. The lowest BCUT2D eigenvalue weighted by Crippen LogP contribution is -2.15. The lowest BCUT2D eigenvalue weighted by atomic mass is 10.0. The van der Waals surface area contributed by atoms with Gasteiger partial charge in [-0.25, -0.2) is 0 Å². The van der Waals surface area contributed by atoms with Crippen LogP contribution in [0.25, 0.3) is 0 Å². The number of hydrogen-bond donors (Lipinski definition) is 0. The third-order valence-electron chi connectivity index (χ3n) is 3.24. The Morgan fingerprint density at radius 1 is 0.947 bits per heavy atom. The molecule has 0 spiro atoms. The lowest BCUT2D eigenvalue weighted by molar-refractivity contribution is 0.0519. The Kier molecular flexibility index (Phi) is 14.5. The van der Waals surface area contributed by atoms with Gasteiger partial charge in [-0.15, -0.1) is 0 Å². The highest BCUT2D eigenvalue weighted by atomic mass is 35.5. The van der Waals surface area contributed by atoms with E-state index in [2.05, 4.69) is 13.0 Å². The zero-order valence-corrected chi connectivity index (χ0v) is 13.6. The van der Waals surface area contributed by atoms with E-state index in [1.54, 1.807) is 0 Å². The molecule has 0 saturated carbocycles. The van der Waals surface area contributed by atoms with E-state index in [0.29, 0.717) is 6.42 Å². The SMILES string of the molecule is CCCCCCCCCC(CCCC#N)OC(Cl)Cl. The maximum absolute atomic E-state index is 8.53. The van der Waals surface area contributed by atoms with Crippen molar-refractivity contribution in [2.24, 2.45) is 0 Å². The Hall–Kier alpha value is 0.0300. The van der Waals surface area contributed by atoms with Crippen molar-refractivity contribution in [2.75, 3.05) is 0 Å². The molecule has 1 atom stereocenters. The third kappa shape index (κ3) is 14.3. The molecule has 2 nitrogen and oxygen atoms in total. The average molecular weight is 308 g/mol. The number of alkyl halides is 2. The summed E-state index contributed by atoms with van der Waals surface area (Å²) in [6.45, 7) is 2.23. The van der Waals surface area contributed by atoms with Crippen LogP contribution in [0, 0.1) is 11.3 Å². The van der Waals surface area contributed by atoms with Crippen molar-refractivity contribution in [1.82, 2.24) is 0 Å². The Morgan fingerprint density at radius 3 is 2.11 bits per heavy atom. The number of nitriles is 1. The average Bonchev–Trinajstić information content (AvgIpc) is 2.37. The molecule has 4 heteroatoms. The maximum Gasteiger partial charge on any atom is 0.206 e. The van der Waals surface area contributed by atoms with E-state index in [-0.39, 0.29) is 6.10 Å². The summed E-state index contributed by atoms with van der Waals surface area (Å²) in [5.41, 5.74) is 0. The van der Waals surface area contributed by atoms with Gasteiger partial charge in [0.2, 0.25) is 5.02 Å². The van der Waals surface area contributed by atoms with Crippen molar-refractivity contribution in [1.29, 1.82) is 5.26 Å². The van der Waals surface area contributed by atoms with Gasteiger partial charge >= 0.3 is 0 Å². The minimum absolute atomic E-state index is 0.101. The molecule has 0 bridgehead atoms. The van der Waals surface area contributed by atoms with Crippen LogP contribution in [0.5, 0.6) is 0 Å². The Labute approximate surface area is 128 Å². The molecule has 0 heterocycles. The van der Waals surface area contributed by atoms with Gasteiger partial charge in [0.1, 0.15) is 0 Å². The first-order chi connectivity index (χ1) is 9.20. The lowest BCUT2D eigenvalue weighted by Gasteiger charge is -2.18. The first-order valence-corrected chi connectivity index (χ1v) is 8.38. The molecule has 0 aromatic heterocycles. The summed E-state index contributed by atoms with van der Waals surface area (Å²) in [6.07, 6.45) is 12.4. The van der Waals surface area contributed by atoms with Crippen LogP contribution in [0.15, 0.2) is 0 Å². The molecule has 0 aromatic carbocycles. The van der Waals surface area contributed by atoms with Crippen molar-refractivity contribution in [3.05, 3.63) is 0 Å². The number of rotatable bonds is 13. The monoisotopic (exact) mass is 307 g/mol. The standard InChI is InChI=1S/C15H27Cl2NO/c1-2-3-4-5-6-7-8-11-14(19-15(16)17)12-9-10-13-18/h14-15H,2-12H2,1H3. The van der Waals surface area contributed by atoms with Gasteiger partial charge in [-0.05, 0) is 19.3 Å². The normalized spacial score (nSPS) is 12.6. The van der Waals surface area contributed by atoms with Gasteiger partial charge in [0.25, 0.3) is 0 Å². The molecule has 112 valence electrons. The van der Waals surface area contributed by atoms with Crippen LogP contribution in [0.1, 0.15) is 77.6 Å². The predicted octanol–water partition coefficient (Wildman–Crippen LogP) is 5.97. The Morgan fingerprint density at radius 2 is 1.53 bits per heavy atom. The maximum atomic E-state index is 8.53.